The van der Waals surface area contributed by atoms with Crippen LogP contribution in [0.25, 0.3) is 44.4 Å². The summed E-state index contributed by atoms with van der Waals surface area (Å²) in [6.45, 7) is 4.09. The van der Waals surface area contributed by atoms with Gasteiger partial charge in [0, 0.05) is 40.5 Å². The Kier molecular flexibility index (Phi) is 7.06. The molecule has 0 spiro atoms. The van der Waals surface area contributed by atoms with Crippen LogP contribution < -0.4 is 9.47 Å². The molecule has 208 valence electrons. The van der Waals surface area contributed by atoms with E-state index in [0.29, 0.717) is 29.1 Å². The molecule has 0 amide bonds. The molecule has 3 heterocycles. The molecule has 0 saturated heterocycles. The minimum absolute atomic E-state index is 0. The van der Waals surface area contributed by atoms with E-state index in [9.17, 15) is 0 Å². The van der Waals surface area contributed by atoms with Crippen LogP contribution in [0, 0.1) is 26.0 Å². The van der Waals surface area contributed by atoms with Gasteiger partial charge >= 0.3 is 21.1 Å². The summed E-state index contributed by atoms with van der Waals surface area (Å²) in [5.74, 6) is 2.47. The number of pyridine rings is 1. The Hall–Kier alpha value is -4.67. The van der Waals surface area contributed by atoms with Crippen LogP contribution in [-0.4, -0.2) is 26.4 Å². The van der Waals surface area contributed by atoms with Gasteiger partial charge in [-0.05, 0) is 42.6 Å². The van der Waals surface area contributed by atoms with Crippen molar-refractivity contribution >= 4 is 21.8 Å². The molecule has 0 radical (unpaired) electrons. The van der Waals surface area contributed by atoms with Crippen molar-refractivity contribution < 1.29 is 31.9 Å². The fourth-order valence-corrected chi connectivity index (χ4v) is 5.39. The standard InChI is InChI=1S/C35H26N4O2.Pt/c1-23-35(25-10-5-4-6-11-25)24(2)39(37-23)26-12-9-13-28(20-26)41-29-16-17-31-30-14-7-8-15-32(30)38(33(31)21-29)34-22-27(40-3)18-19-36-34;/h4-19,22H,1-3H3;/q-2;+2/i7D;. The number of para-hydroxylation sites is 1. The van der Waals surface area contributed by atoms with E-state index in [2.05, 4.69) is 36.2 Å². The summed E-state index contributed by atoms with van der Waals surface area (Å²) in [6, 6.07) is 36.5. The molecule has 7 aromatic rings. The van der Waals surface area contributed by atoms with Gasteiger partial charge in [-0.25, -0.2) is 4.98 Å². The molecule has 0 atom stereocenters. The minimum atomic E-state index is 0. The summed E-state index contributed by atoms with van der Waals surface area (Å²) in [7, 11) is 1.63. The van der Waals surface area contributed by atoms with Crippen molar-refractivity contribution in [1.82, 2.24) is 19.3 Å². The number of fused-ring (bicyclic) bond motifs is 3. The number of benzene rings is 4. The molecule has 42 heavy (non-hydrogen) atoms. The fourth-order valence-electron chi connectivity index (χ4n) is 5.39. The molecule has 0 saturated carbocycles. The van der Waals surface area contributed by atoms with Crippen molar-refractivity contribution in [3.63, 3.8) is 0 Å². The van der Waals surface area contributed by atoms with E-state index < -0.39 is 0 Å². The summed E-state index contributed by atoms with van der Waals surface area (Å²) in [5.41, 5.74) is 6.72. The number of hydrogen-bond acceptors (Lipinski definition) is 4. The van der Waals surface area contributed by atoms with Gasteiger partial charge in [-0.3, -0.25) is 4.68 Å². The SMILES string of the molecule is [2H]c1ccc2c(c1)c1ccc(Oc3[c-]c(-n4nc(C)c(-c5ccccc5)c4C)ccc3)[c-]c1n2-c1cc(OC)ccn1.[Pt+2]. The molecule has 0 aliphatic carbocycles. The Balaban J connectivity index is 0.00000329. The Bertz CT molecular complexity index is 2100. The van der Waals surface area contributed by atoms with Crippen molar-refractivity contribution in [2.24, 2.45) is 0 Å². The molecule has 0 bridgehead atoms. The van der Waals surface area contributed by atoms with Crippen LogP contribution in [0.3, 0.4) is 0 Å². The summed E-state index contributed by atoms with van der Waals surface area (Å²) in [6.07, 6.45) is 1.72. The van der Waals surface area contributed by atoms with Crippen molar-refractivity contribution in [3.8, 4) is 39.9 Å². The monoisotopic (exact) mass is 730 g/mol. The summed E-state index contributed by atoms with van der Waals surface area (Å²) in [5, 5.41) is 6.71. The van der Waals surface area contributed by atoms with E-state index in [-0.39, 0.29) is 21.1 Å². The van der Waals surface area contributed by atoms with Gasteiger partial charge in [0.1, 0.15) is 11.6 Å². The largest absolute Gasteiger partial charge is 2.00 e. The Morgan fingerprint density at radius 3 is 2.50 bits per heavy atom. The predicted molar refractivity (Wildman–Crippen MR) is 161 cm³/mol. The summed E-state index contributed by atoms with van der Waals surface area (Å²) >= 11 is 0. The molecule has 7 heteroatoms. The second-order valence-electron chi connectivity index (χ2n) is 9.74. The van der Waals surface area contributed by atoms with Gasteiger partial charge in [-0.2, -0.15) is 17.2 Å². The normalized spacial score (nSPS) is 11.4. The fraction of sp³-hybridized carbons (Fsp3) is 0.0857. The minimum Gasteiger partial charge on any atom is -0.509 e. The molecular weight excluding hydrogens is 703 g/mol. The topological polar surface area (TPSA) is 54.1 Å². The second kappa shape index (κ2) is 11.3. The molecular formula is C35H26N4O2Pt. The first-order chi connectivity index (χ1) is 20.5. The molecule has 4 aromatic carbocycles. The van der Waals surface area contributed by atoms with E-state index in [1.807, 2.05) is 89.0 Å². The Morgan fingerprint density at radius 1 is 0.833 bits per heavy atom. The zero-order valence-corrected chi connectivity index (χ0v) is 25.4. The number of hydrogen-bond donors (Lipinski definition) is 0. The maximum atomic E-state index is 8.20. The third-order valence-electron chi connectivity index (χ3n) is 7.23. The van der Waals surface area contributed by atoms with Gasteiger partial charge in [0.25, 0.3) is 0 Å². The van der Waals surface area contributed by atoms with Gasteiger partial charge in [0.05, 0.1) is 14.2 Å². The number of rotatable bonds is 6. The number of ether oxygens (including phenoxy) is 2. The molecule has 6 nitrogen and oxygen atoms in total. The molecule has 0 aliphatic rings. The Morgan fingerprint density at radius 2 is 1.67 bits per heavy atom. The van der Waals surface area contributed by atoms with Crippen LogP contribution in [0.5, 0.6) is 17.2 Å². The third kappa shape index (κ3) is 4.78. The molecule has 3 aromatic heterocycles. The number of aryl methyl sites for hydroxylation is 1. The number of nitrogens with zero attached hydrogens (tertiary/aromatic N) is 4. The van der Waals surface area contributed by atoms with E-state index >= 15 is 0 Å². The van der Waals surface area contributed by atoms with Crippen molar-refractivity contribution in [2.45, 2.75) is 13.8 Å². The second-order valence-corrected chi connectivity index (χ2v) is 9.74. The zero-order valence-electron chi connectivity index (χ0n) is 24.2. The smallest absolute Gasteiger partial charge is 0.509 e. The van der Waals surface area contributed by atoms with Crippen molar-refractivity contribution in [2.75, 3.05) is 7.11 Å². The van der Waals surface area contributed by atoms with E-state index in [1.54, 1.807) is 19.4 Å². The Labute approximate surface area is 259 Å². The van der Waals surface area contributed by atoms with Gasteiger partial charge < -0.3 is 14.0 Å². The van der Waals surface area contributed by atoms with Crippen molar-refractivity contribution in [1.29, 1.82) is 0 Å². The average Bonchev–Trinajstić information content (AvgIpc) is 3.49. The van der Waals surface area contributed by atoms with Gasteiger partial charge in [-0.1, -0.05) is 54.0 Å². The van der Waals surface area contributed by atoms with E-state index in [0.717, 1.165) is 50.0 Å². The van der Waals surface area contributed by atoms with Gasteiger partial charge in [-0.15, -0.1) is 35.7 Å². The quantitative estimate of drug-likeness (QED) is 0.163. The first kappa shape index (κ1) is 26.2. The first-order valence-corrected chi connectivity index (χ1v) is 13.3. The molecule has 0 aliphatic heterocycles. The van der Waals surface area contributed by atoms with Crippen LogP contribution in [0.2, 0.25) is 0 Å². The molecule has 0 N–H and O–H groups in total. The van der Waals surface area contributed by atoms with Crippen LogP contribution in [0.4, 0.5) is 0 Å². The average molecular weight is 731 g/mol. The maximum absolute atomic E-state index is 8.20. The van der Waals surface area contributed by atoms with Gasteiger partial charge in [0.2, 0.25) is 0 Å². The summed E-state index contributed by atoms with van der Waals surface area (Å²) in [4.78, 5) is 4.61. The van der Waals surface area contributed by atoms with Crippen molar-refractivity contribution in [3.05, 3.63) is 127 Å². The van der Waals surface area contributed by atoms with Crippen LogP contribution in [0.15, 0.2) is 103 Å². The van der Waals surface area contributed by atoms with E-state index in [1.165, 1.54) is 0 Å². The molecule has 0 fully saturated rings. The van der Waals surface area contributed by atoms with Gasteiger partial charge in [0.15, 0.2) is 0 Å². The molecule has 0 unspecified atom stereocenters. The first-order valence-electron chi connectivity index (χ1n) is 13.8. The maximum Gasteiger partial charge on any atom is 2.00 e. The van der Waals surface area contributed by atoms with Crippen LogP contribution in [-0.2, 0) is 21.1 Å². The zero-order chi connectivity index (χ0) is 28.8. The van der Waals surface area contributed by atoms with Crippen LogP contribution >= 0.6 is 0 Å². The third-order valence-corrected chi connectivity index (χ3v) is 7.23. The van der Waals surface area contributed by atoms with E-state index in [4.69, 9.17) is 15.9 Å². The number of aromatic nitrogens is 4. The molecule has 7 rings (SSSR count). The van der Waals surface area contributed by atoms with Crippen LogP contribution in [0.1, 0.15) is 12.8 Å². The predicted octanol–water partition coefficient (Wildman–Crippen LogP) is 8.05. The number of methoxy groups -OCH3 is 1. The summed E-state index contributed by atoms with van der Waals surface area (Å²) < 4.78 is 23.9.